The Morgan fingerprint density at radius 2 is 1.81 bits per heavy atom. The minimum absolute atomic E-state index is 0.188. The smallest absolute Gasteiger partial charge is 0.323 e. The highest BCUT2D eigenvalue weighted by molar-refractivity contribution is 6.11. The molecule has 27 heavy (non-hydrogen) atoms. The first-order valence-corrected chi connectivity index (χ1v) is 10.2. The minimum Gasteiger partial charge on any atom is -0.323 e. The van der Waals surface area contributed by atoms with Crippen LogP contribution in [0.2, 0.25) is 0 Å². The van der Waals surface area contributed by atoms with Crippen molar-refractivity contribution < 1.29 is 14.4 Å². The van der Waals surface area contributed by atoms with Crippen molar-refractivity contribution in [1.29, 1.82) is 0 Å². The number of carbonyl (C=O) groups excluding carboxylic acids is 3. The third-order valence-corrected chi connectivity index (χ3v) is 6.50. The second kappa shape index (κ2) is 7.83. The lowest BCUT2D eigenvalue weighted by atomic mass is 9.75. The maximum absolute atomic E-state index is 12.9. The number of urea groups is 1. The van der Waals surface area contributed by atoms with E-state index in [1.165, 1.54) is 5.56 Å². The average molecular weight is 370 g/mol. The van der Waals surface area contributed by atoms with Crippen LogP contribution in [0.15, 0.2) is 24.3 Å². The van der Waals surface area contributed by atoms with E-state index in [1.54, 1.807) is 12.1 Å². The lowest BCUT2D eigenvalue weighted by Gasteiger charge is -2.34. The number of nitrogens with zero attached hydrogens (tertiary/aromatic N) is 1. The van der Waals surface area contributed by atoms with E-state index in [4.69, 9.17) is 0 Å². The fraction of sp³-hybridized carbons (Fsp3) is 0.591. The summed E-state index contributed by atoms with van der Waals surface area (Å²) < 4.78 is 0. The molecular weight excluding hydrogens is 340 g/mol. The average Bonchev–Trinajstić information content (AvgIpc) is 2.92. The highest BCUT2D eigenvalue weighted by atomic mass is 16.2. The lowest BCUT2D eigenvalue weighted by Crippen LogP contribution is -2.49. The molecule has 0 aromatic heterocycles. The van der Waals surface area contributed by atoms with E-state index in [2.05, 4.69) is 26.1 Å². The van der Waals surface area contributed by atoms with Gasteiger partial charge in [0.2, 0.25) is 0 Å². The summed E-state index contributed by atoms with van der Waals surface area (Å²) in [5.41, 5.74) is 0.942. The summed E-state index contributed by atoms with van der Waals surface area (Å²) >= 11 is 0. The van der Waals surface area contributed by atoms with Crippen LogP contribution in [0.5, 0.6) is 0 Å². The molecule has 1 heterocycles. The van der Waals surface area contributed by atoms with E-state index >= 15 is 0 Å². The predicted molar refractivity (Wildman–Crippen MR) is 105 cm³/mol. The summed E-state index contributed by atoms with van der Waals surface area (Å²) in [4.78, 5) is 39.1. The summed E-state index contributed by atoms with van der Waals surface area (Å²) in [7, 11) is 0. The molecule has 2 fully saturated rings. The van der Waals surface area contributed by atoms with Crippen LogP contribution in [0.1, 0.15) is 81.1 Å². The summed E-state index contributed by atoms with van der Waals surface area (Å²) in [5.74, 6) is 0.637. The maximum Gasteiger partial charge on any atom is 0.325 e. The molecule has 1 aromatic rings. The second-order valence-electron chi connectivity index (χ2n) is 8.11. The van der Waals surface area contributed by atoms with Gasteiger partial charge in [0, 0.05) is 5.56 Å². The molecule has 1 aliphatic heterocycles. The fourth-order valence-corrected chi connectivity index (χ4v) is 4.21. The molecular formula is C22H30N2O3. The number of imide groups is 1. The van der Waals surface area contributed by atoms with Crippen molar-refractivity contribution in [3.05, 3.63) is 35.4 Å². The van der Waals surface area contributed by atoms with E-state index in [-0.39, 0.29) is 18.2 Å². The van der Waals surface area contributed by atoms with Gasteiger partial charge in [0.15, 0.2) is 5.78 Å². The number of Topliss-reactive ketones (excluding diaryl/α,β-unsaturated/α-hetero) is 1. The van der Waals surface area contributed by atoms with Gasteiger partial charge in [-0.15, -0.1) is 0 Å². The maximum atomic E-state index is 12.9. The third-order valence-electron chi connectivity index (χ3n) is 6.50. The van der Waals surface area contributed by atoms with Crippen molar-refractivity contribution in [1.82, 2.24) is 10.2 Å². The molecule has 1 spiro atoms. The second-order valence-corrected chi connectivity index (χ2v) is 8.11. The summed E-state index contributed by atoms with van der Waals surface area (Å²) in [6, 6.07) is 7.08. The number of hydrogen-bond acceptors (Lipinski definition) is 3. The van der Waals surface area contributed by atoms with Gasteiger partial charge < -0.3 is 5.32 Å². The van der Waals surface area contributed by atoms with E-state index in [0.717, 1.165) is 30.6 Å². The van der Waals surface area contributed by atoms with Crippen LogP contribution in [-0.4, -0.2) is 34.7 Å². The van der Waals surface area contributed by atoms with Crippen LogP contribution in [0.25, 0.3) is 0 Å². The van der Waals surface area contributed by atoms with Gasteiger partial charge in [-0.05, 0) is 49.5 Å². The number of hydrogen-bond donors (Lipinski definition) is 1. The molecule has 0 unspecified atom stereocenters. The largest absolute Gasteiger partial charge is 0.325 e. The Hall–Kier alpha value is -2.17. The van der Waals surface area contributed by atoms with Crippen molar-refractivity contribution in [3.63, 3.8) is 0 Å². The first-order valence-electron chi connectivity index (χ1n) is 10.2. The quantitative estimate of drug-likeness (QED) is 0.600. The molecule has 2 aliphatic rings. The standard InChI is InChI=1S/C22H30N2O3/c1-4-15(3)17-6-8-18(9-7-17)19(25)14-24-20(26)22(23-21(24)27)12-10-16(5-2)11-13-22/h6-9,15-16H,4-5,10-14H2,1-3H3,(H,23,27)/t15-,16?,22?/m0/s1. The summed E-state index contributed by atoms with van der Waals surface area (Å²) in [5, 5.41) is 2.89. The van der Waals surface area contributed by atoms with Crippen LogP contribution in [0.3, 0.4) is 0 Å². The number of ketones is 1. The molecule has 146 valence electrons. The molecule has 0 bridgehead atoms. The number of amides is 3. The zero-order chi connectivity index (χ0) is 19.6. The Morgan fingerprint density at radius 1 is 1.19 bits per heavy atom. The van der Waals surface area contributed by atoms with Gasteiger partial charge in [-0.25, -0.2) is 4.79 Å². The van der Waals surface area contributed by atoms with Crippen molar-refractivity contribution in [2.45, 2.75) is 70.8 Å². The molecule has 1 atom stereocenters. The molecule has 3 rings (SSSR count). The molecule has 0 radical (unpaired) electrons. The Balaban J connectivity index is 1.67. The van der Waals surface area contributed by atoms with E-state index in [9.17, 15) is 14.4 Å². The van der Waals surface area contributed by atoms with Crippen molar-refractivity contribution >= 4 is 17.7 Å². The number of carbonyl (C=O) groups is 3. The van der Waals surface area contributed by atoms with Crippen LogP contribution < -0.4 is 5.32 Å². The summed E-state index contributed by atoms with van der Waals surface area (Å²) in [6.45, 7) is 6.25. The Morgan fingerprint density at radius 3 is 2.37 bits per heavy atom. The third kappa shape index (κ3) is 3.78. The van der Waals surface area contributed by atoms with E-state index in [0.29, 0.717) is 30.2 Å². The summed E-state index contributed by atoms with van der Waals surface area (Å²) in [6.07, 6.45) is 5.38. The lowest BCUT2D eigenvalue weighted by molar-refractivity contribution is -0.132. The van der Waals surface area contributed by atoms with E-state index < -0.39 is 11.6 Å². The van der Waals surface area contributed by atoms with Crippen LogP contribution in [-0.2, 0) is 4.79 Å². The van der Waals surface area contributed by atoms with Crippen molar-refractivity contribution in [2.75, 3.05) is 6.54 Å². The van der Waals surface area contributed by atoms with Crippen LogP contribution in [0, 0.1) is 5.92 Å². The molecule has 1 aliphatic carbocycles. The number of benzene rings is 1. The van der Waals surface area contributed by atoms with Gasteiger partial charge in [-0.1, -0.05) is 51.5 Å². The van der Waals surface area contributed by atoms with Gasteiger partial charge in [0.05, 0.1) is 6.54 Å². The zero-order valence-corrected chi connectivity index (χ0v) is 16.6. The molecule has 5 heteroatoms. The minimum atomic E-state index is -0.788. The normalized spacial score (nSPS) is 26.3. The molecule has 3 amide bonds. The first-order chi connectivity index (χ1) is 12.9. The molecule has 5 nitrogen and oxygen atoms in total. The molecule has 1 saturated heterocycles. The van der Waals surface area contributed by atoms with Gasteiger partial charge in [0.1, 0.15) is 5.54 Å². The number of rotatable bonds is 6. The molecule has 1 N–H and O–H groups in total. The van der Waals surface area contributed by atoms with Gasteiger partial charge in [-0.2, -0.15) is 0 Å². The van der Waals surface area contributed by atoms with Gasteiger partial charge in [0.25, 0.3) is 5.91 Å². The van der Waals surface area contributed by atoms with E-state index in [1.807, 2.05) is 12.1 Å². The molecule has 1 saturated carbocycles. The van der Waals surface area contributed by atoms with Crippen molar-refractivity contribution in [2.24, 2.45) is 5.92 Å². The monoisotopic (exact) mass is 370 g/mol. The Kier molecular flexibility index (Phi) is 5.68. The zero-order valence-electron chi connectivity index (χ0n) is 16.6. The van der Waals surface area contributed by atoms with Crippen molar-refractivity contribution in [3.8, 4) is 0 Å². The highest BCUT2D eigenvalue weighted by Crippen LogP contribution is 2.37. The Labute approximate surface area is 161 Å². The molecule has 1 aromatic carbocycles. The number of nitrogens with one attached hydrogen (secondary N) is 1. The van der Waals surface area contributed by atoms with Crippen LogP contribution in [0.4, 0.5) is 4.79 Å². The Bertz CT molecular complexity index is 718. The highest BCUT2D eigenvalue weighted by Gasteiger charge is 2.52. The first kappa shape index (κ1) is 19.6. The SMILES string of the molecule is CCC1CCC2(CC1)NC(=O)N(CC(=O)c1ccc([C@@H](C)CC)cc1)C2=O. The predicted octanol–water partition coefficient (Wildman–Crippen LogP) is 4.27. The van der Waals surface area contributed by atoms with Crippen LogP contribution >= 0.6 is 0 Å². The fourth-order valence-electron chi connectivity index (χ4n) is 4.21. The van der Waals surface area contributed by atoms with Gasteiger partial charge in [-0.3, -0.25) is 14.5 Å². The van der Waals surface area contributed by atoms with Gasteiger partial charge >= 0.3 is 6.03 Å². The topological polar surface area (TPSA) is 66.5 Å².